The molecule has 2 fully saturated rings. The van der Waals surface area contributed by atoms with Crippen molar-refractivity contribution in [1.82, 2.24) is 0 Å². The summed E-state index contributed by atoms with van der Waals surface area (Å²) >= 11 is 2.06. The number of hydrogen-bond donors (Lipinski definition) is 2. The van der Waals surface area contributed by atoms with E-state index in [1.807, 2.05) is 12.1 Å². The molecule has 0 unspecified atom stereocenters. The standard InChI is InChI=1S/C19H28N2O2S/c20-12-16-9-10-18(23-16)19(22)21-15-6-4-5-14(11-15)13-24-17-7-2-1-3-8-17/h4-6,11,16-18H,1-3,7-10,12-13,20H2,(H,21,22)/t16-,18+/m1/s1. The van der Waals surface area contributed by atoms with Gasteiger partial charge in [0.15, 0.2) is 0 Å². The number of ether oxygens (including phenoxy) is 1. The first kappa shape index (κ1) is 17.8. The molecular weight excluding hydrogens is 320 g/mol. The normalized spacial score (nSPS) is 24.9. The van der Waals surface area contributed by atoms with Gasteiger partial charge in [0.2, 0.25) is 0 Å². The zero-order valence-corrected chi connectivity index (χ0v) is 15.0. The predicted octanol–water partition coefficient (Wildman–Crippen LogP) is 3.70. The van der Waals surface area contributed by atoms with E-state index in [9.17, 15) is 4.79 Å². The van der Waals surface area contributed by atoms with Gasteiger partial charge in [0.1, 0.15) is 6.10 Å². The van der Waals surface area contributed by atoms with Crippen LogP contribution in [0.15, 0.2) is 24.3 Å². The highest BCUT2D eigenvalue weighted by molar-refractivity contribution is 7.99. The number of nitrogens with two attached hydrogens (primary N) is 1. The average Bonchev–Trinajstić information content (AvgIpc) is 3.11. The number of rotatable bonds is 6. The molecule has 132 valence electrons. The molecule has 0 aromatic heterocycles. The second-order valence-electron chi connectivity index (χ2n) is 6.82. The van der Waals surface area contributed by atoms with Crippen molar-refractivity contribution in [3.05, 3.63) is 29.8 Å². The molecule has 3 N–H and O–H groups in total. The Bertz CT molecular complexity index is 546. The molecule has 4 nitrogen and oxygen atoms in total. The van der Waals surface area contributed by atoms with Crippen molar-refractivity contribution in [1.29, 1.82) is 0 Å². The Hall–Kier alpha value is -1.04. The van der Waals surface area contributed by atoms with E-state index in [1.165, 1.54) is 37.7 Å². The van der Waals surface area contributed by atoms with Crippen LogP contribution in [0, 0.1) is 0 Å². The summed E-state index contributed by atoms with van der Waals surface area (Å²) in [7, 11) is 0. The summed E-state index contributed by atoms with van der Waals surface area (Å²) in [4.78, 5) is 12.3. The van der Waals surface area contributed by atoms with Gasteiger partial charge in [0, 0.05) is 23.2 Å². The first-order valence-corrected chi connectivity index (χ1v) is 10.2. The van der Waals surface area contributed by atoms with Crippen molar-refractivity contribution in [3.8, 4) is 0 Å². The summed E-state index contributed by atoms with van der Waals surface area (Å²) in [5, 5.41) is 3.80. The molecule has 0 spiro atoms. The van der Waals surface area contributed by atoms with E-state index in [4.69, 9.17) is 10.5 Å². The maximum absolute atomic E-state index is 12.3. The summed E-state index contributed by atoms with van der Waals surface area (Å²) in [5.74, 6) is 0.965. The Morgan fingerprint density at radius 2 is 2.04 bits per heavy atom. The van der Waals surface area contributed by atoms with E-state index in [1.54, 1.807) is 0 Å². The molecule has 1 heterocycles. The predicted molar refractivity (Wildman–Crippen MR) is 100 cm³/mol. The Labute approximate surface area is 148 Å². The topological polar surface area (TPSA) is 64.4 Å². The SMILES string of the molecule is NC[C@H]1CC[C@@H](C(=O)Nc2cccc(CSC3CCCCC3)c2)O1. The van der Waals surface area contributed by atoms with Crippen molar-refractivity contribution >= 4 is 23.4 Å². The first-order chi connectivity index (χ1) is 11.7. The van der Waals surface area contributed by atoms with Crippen LogP contribution in [0.1, 0.15) is 50.5 Å². The number of thioether (sulfide) groups is 1. The van der Waals surface area contributed by atoms with Crippen LogP contribution in [-0.2, 0) is 15.3 Å². The largest absolute Gasteiger partial charge is 0.364 e. The van der Waals surface area contributed by atoms with Gasteiger partial charge in [-0.05, 0) is 43.4 Å². The molecule has 2 aliphatic rings. The Balaban J connectivity index is 1.50. The fourth-order valence-corrected chi connectivity index (χ4v) is 4.75. The molecule has 3 rings (SSSR count). The van der Waals surface area contributed by atoms with E-state index in [0.29, 0.717) is 6.54 Å². The summed E-state index contributed by atoms with van der Waals surface area (Å²) in [6.45, 7) is 0.484. The van der Waals surface area contributed by atoms with Crippen molar-refractivity contribution in [2.45, 2.75) is 68.2 Å². The number of benzene rings is 1. The molecule has 1 aromatic carbocycles. The smallest absolute Gasteiger partial charge is 0.253 e. The molecule has 1 saturated carbocycles. The number of anilines is 1. The second kappa shape index (κ2) is 8.88. The highest BCUT2D eigenvalue weighted by Gasteiger charge is 2.29. The van der Waals surface area contributed by atoms with Gasteiger partial charge in [-0.1, -0.05) is 31.4 Å². The minimum Gasteiger partial charge on any atom is -0.364 e. The Kier molecular flexibility index (Phi) is 6.58. The van der Waals surface area contributed by atoms with Crippen molar-refractivity contribution in [3.63, 3.8) is 0 Å². The Morgan fingerprint density at radius 3 is 2.79 bits per heavy atom. The quantitative estimate of drug-likeness (QED) is 0.823. The molecular formula is C19H28N2O2S. The van der Waals surface area contributed by atoms with Gasteiger partial charge in [-0.15, -0.1) is 0 Å². The Morgan fingerprint density at radius 1 is 1.21 bits per heavy atom. The fourth-order valence-electron chi connectivity index (χ4n) is 3.48. The molecule has 24 heavy (non-hydrogen) atoms. The van der Waals surface area contributed by atoms with Crippen LogP contribution >= 0.6 is 11.8 Å². The maximum atomic E-state index is 12.3. The summed E-state index contributed by atoms with van der Waals surface area (Å²) in [6.07, 6.45) is 8.13. The highest BCUT2D eigenvalue weighted by Crippen LogP contribution is 2.31. The third kappa shape index (κ3) is 4.98. The highest BCUT2D eigenvalue weighted by atomic mass is 32.2. The van der Waals surface area contributed by atoms with Gasteiger partial charge in [-0.2, -0.15) is 11.8 Å². The minimum atomic E-state index is -0.362. The van der Waals surface area contributed by atoms with Crippen molar-refractivity contribution < 1.29 is 9.53 Å². The second-order valence-corrected chi connectivity index (χ2v) is 8.11. The summed E-state index contributed by atoms with van der Waals surface area (Å²) in [6, 6.07) is 8.19. The van der Waals surface area contributed by atoms with Crippen LogP contribution in [-0.4, -0.2) is 29.9 Å². The van der Waals surface area contributed by atoms with Gasteiger partial charge in [-0.3, -0.25) is 4.79 Å². The third-order valence-corrected chi connectivity index (χ3v) is 6.34. The van der Waals surface area contributed by atoms with Crippen LogP contribution in [0.2, 0.25) is 0 Å². The first-order valence-electron chi connectivity index (χ1n) is 9.11. The van der Waals surface area contributed by atoms with Crippen molar-refractivity contribution in [2.24, 2.45) is 5.73 Å². The molecule has 1 amide bonds. The van der Waals surface area contributed by atoms with Gasteiger partial charge in [0.25, 0.3) is 5.91 Å². The van der Waals surface area contributed by atoms with Gasteiger partial charge < -0.3 is 15.8 Å². The van der Waals surface area contributed by atoms with E-state index in [-0.39, 0.29) is 18.1 Å². The lowest BCUT2D eigenvalue weighted by Gasteiger charge is -2.21. The van der Waals surface area contributed by atoms with E-state index in [2.05, 4.69) is 29.2 Å². The molecule has 2 atom stereocenters. The summed E-state index contributed by atoms with van der Waals surface area (Å²) < 4.78 is 5.66. The van der Waals surface area contributed by atoms with E-state index in [0.717, 1.165) is 29.5 Å². The number of amides is 1. The zero-order valence-electron chi connectivity index (χ0n) is 14.2. The number of carbonyl (C=O) groups is 1. The van der Waals surface area contributed by atoms with Crippen LogP contribution in [0.4, 0.5) is 5.69 Å². The van der Waals surface area contributed by atoms with Crippen LogP contribution < -0.4 is 11.1 Å². The van der Waals surface area contributed by atoms with Crippen LogP contribution in [0.5, 0.6) is 0 Å². The maximum Gasteiger partial charge on any atom is 0.253 e. The molecule has 1 aliphatic heterocycles. The van der Waals surface area contributed by atoms with E-state index < -0.39 is 0 Å². The number of hydrogen-bond acceptors (Lipinski definition) is 4. The van der Waals surface area contributed by atoms with Gasteiger partial charge in [-0.25, -0.2) is 0 Å². The molecule has 0 radical (unpaired) electrons. The number of nitrogens with one attached hydrogen (secondary N) is 1. The van der Waals surface area contributed by atoms with Crippen LogP contribution in [0.3, 0.4) is 0 Å². The zero-order chi connectivity index (χ0) is 16.8. The monoisotopic (exact) mass is 348 g/mol. The fraction of sp³-hybridized carbons (Fsp3) is 0.632. The molecule has 1 aliphatic carbocycles. The van der Waals surface area contributed by atoms with Crippen molar-refractivity contribution in [2.75, 3.05) is 11.9 Å². The lowest BCUT2D eigenvalue weighted by molar-refractivity contribution is -0.126. The number of carbonyl (C=O) groups excluding carboxylic acids is 1. The lowest BCUT2D eigenvalue weighted by atomic mass is 10.0. The molecule has 1 saturated heterocycles. The minimum absolute atomic E-state index is 0.0268. The molecule has 0 bridgehead atoms. The molecule has 5 heteroatoms. The van der Waals surface area contributed by atoms with Gasteiger partial charge in [0.05, 0.1) is 6.10 Å². The lowest BCUT2D eigenvalue weighted by Crippen LogP contribution is -2.29. The van der Waals surface area contributed by atoms with E-state index >= 15 is 0 Å². The summed E-state index contributed by atoms with van der Waals surface area (Å²) in [5.41, 5.74) is 7.74. The third-order valence-electron chi connectivity index (χ3n) is 4.90. The average molecular weight is 349 g/mol. The van der Waals surface area contributed by atoms with Gasteiger partial charge >= 0.3 is 0 Å². The van der Waals surface area contributed by atoms with Crippen LogP contribution in [0.25, 0.3) is 0 Å². The molecule has 1 aromatic rings.